The van der Waals surface area contributed by atoms with E-state index in [1.165, 1.54) is 24.9 Å². The zero-order valence-corrected chi connectivity index (χ0v) is 13.7. The normalized spacial score (nSPS) is 19.0. The standard InChI is InChI=1S/C17H22N2O2S/c1-20-16-6-4-14(5-7-16)11-19-9-2-3-15(12-19)13-21-17-18-8-10-22-17/h4-8,10,15H,2-3,9,11-13H2,1H3. The molecule has 0 saturated carbocycles. The zero-order chi connectivity index (χ0) is 15.2. The number of thiazole rings is 1. The van der Waals surface area contributed by atoms with Crippen LogP contribution in [0.4, 0.5) is 0 Å². The van der Waals surface area contributed by atoms with E-state index in [4.69, 9.17) is 9.47 Å². The lowest BCUT2D eigenvalue weighted by Crippen LogP contribution is -2.37. The van der Waals surface area contributed by atoms with E-state index in [9.17, 15) is 0 Å². The fraction of sp³-hybridized carbons (Fsp3) is 0.471. The van der Waals surface area contributed by atoms with Crippen LogP contribution >= 0.6 is 11.3 Å². The van der Waals surface area contributed by atoms with E-state index >= 15 is 0 Å². The first kappa shape index (κ1) is 15.3. The summed E-state index contributed by atoms with van der Waals surface area (Å²) in [5.41, 5.74) is 1.34. The molecule has 1 atom stereocenters. The Hall–Kier alpha value is -1.59. The summed E-state index contributed by atoms with van der Waals surface area (Å²) in [7, 11) is 1.70. The maximum Gasteiger partial charge on any atom is 0.273 e. The van der Waals surface area contributed by atoms with Crippen LogP contribution in [0.15, 0.2) is 35.8 Å². The van der Waals surface area contributed by atoms with Gasteiger partial charge in [0.1, 0.15) is 5.75 Å². The average molecular weight is 318 g/mol. The number of methoxy groups -OCH3 is 1. The van der Waals surface area contributed by atoms with Crippen LogP contribution in [0.2, 0.25) is 0 Å². The van der Waals surface area contributed by atoms with Crippen LogP contribution in [0.3, 0.4) is 0 Å². The lowest BCUT2D eigenvalue weighted by atomic mass is 9.98. The number of likely N-dealkylation sites (tertiary alicyclic amines) is 1. The van der Waals surface area contributed by atoms with Crippen LogP contribution in [0.1, 0.15) is 18.4 Å². The van der Waals surface area contributed by atoms with Crippen LogP contribution in [0, 0.1) is 5.92 Å². The second kappa shape index (κ2) is 7.61. The summed E-state index contributed by atoms with van der Waals surface area (Å²) in [6, 6.07) is 8.35. The van der Waals surface area contributed by atoms with Gasteiger partial charge in [-0.05, 0) is 37.1 Å². The largest absolute Gasteiger partial charge is 0.497 e. The Kier molecular flexibility index (Phi) is 5.29. The van der Waals surface area contributed by atoms with Crippen molar-refractivity contribution in [3.8, 4) is 10.9 Å². The second-order valence-electron chi connectivity index (χ2n) is 5.70. The summed E-state index contributed by atoms with van der Waals surface area (Å²) < 4.78 is 11.0. The third-order valence-electron chi connectivity index (χ3n) is 4.02. The molecule has 0 bridgehead atoms. The summed E-state index contributed by atoms with van der Waals surface area (Å²) in [5.74, 6) is 1.51. The van der Waals surface area contributed by atoms with Gasteiger partial charge >= 0.3 is 0 Å². The molecule has 5 heteroatoms. The predicted octanol–water partition coefficient (Wildman–Crippen LogP) is 3.44. The highest BCUT2D eigenvalue weighted by atomic mass is 32.1. The fourth-order valence-electron chi connectivity index (χ4n) is 2.89. The third kappa shape index (κ3) is 4.21. The molecule has 0 amide bonds. The Bertz CT molecular complexity index is 557. The molecule has 22 heavy (non-hydrogen) atoms. The van der Waals surface area contributed by atoms with Crippen molar-refractivity contribution < 1.29 is 9.47 Å². The van der Waals surface area contributed by atoms with E-state index in [-0.39, 0.29) is 0 Å². The number of hydrogen-bond acceptors (Lipinski definition) is 5. The first-order valence-corrected chi connectivity index (χ1v) is 8.59. The number of ether oxygens (including phenoxy) is 2. The highest BCUT2D eigenvalue weighted by molar-refractivity contribution is 7.11. The molecule has 2 aromatic rings. The van der Waals surface area contributed by atoms with Crippen molar-refractivity contribution in [1.29, 1.82) is 0 Å². The monoisotopic (exact) mass is 318 g/mol. The molecular weight excluding hydrogens is 296 g/mol. The van der Waals surface area contributed by atoms with Crippen LogP contribution in [0.5, 0.6) is 10.9 Å². The topological polar surface area (TPSA) is 34.6 Å². The van der Waals surface area contributed by atoms with Gasteiger partial charge in [-0.15, -0.1) is 0 Å². The van der Waals surface area contributed by atoms with Gasteiger partial charge in [-0.2, -0.15) is 0 Å². The molecule has 1 aromatic heterocycles. The molecule has 1 fully saturated rings. The smallest absolute Gasteiger partial charge is 0.273 e. The van der Waals surface area contributed by atoms with Crippen molar-refractivity contribution in [3.63, 3.8) is 0 Å². The van der Waals surface area contributed by atoms with Gasteiger partial charge in [0.2, 0.25) is 0 Å². The molecule has 1 aromatic carbocycles. The maximum atomic E-state index is 5.78. The maximum absolute atomic E-state index is 5.78. The molecule has 3 rings (SSSR count). The summed E-state index contributed by atoms with van der Waals surface area (Å²) >= 11 is 1.56. The Balaban J connectivity index is 1.49. The molecular formula is C17H22N2O2S. The van der Waals surface area contributed by atoms with E-state index in [1.807, 2.05) is 17.5 Å². The van der Waals surface area contributed by atoms with Crippen molar-refractivity contribution in [2.45, 2.75) is 19.4 Å². The Morgan fingerprint density at radius 3 is 2.91 bits per heavy atom. The molecule has 118 valence electrons. The van der Waals surface area contributed by atoms with E-state index in [2.05, 4.69) is 22.0 Å². The minimum atomic E-state index is 0.593. The first-order chi connectivity index (χ1) is 10.8. The summed E-state index contributed by atoms with van der Waals surface area (Å²) in [6.07, 6.45) is 4.27. The van der Waals surface area contributed by atoms with Gasteiger partial charge in [-0.25, -0.2) is 4.98 Å². The molecule has 0 spiro atoms. The van der Waals surface area contributed by atoms with Crippen molar-refractivity contribution in [1.82, 2.24) is 9.88 Å². The van der Waals surface area contributed by atoms with Gasteiger partial charge in [0.15, 0.2) is 0 Å². The minimum Gasteiger partial charge on any atom is -0.497 e. The Labute approximate surface area is 135 Å². The molecule has 0 N–H and O–H groups in total. The van der Waals surface area contributed by atoms with Crippen LogP contribution < -0.4 is 9.47 Å². The van der Waals surface area contributed by atoms with Crippen LogP contribution in [0.25, 0.3) is 0 Å². The van der Waals surface area contributed by atoms with Gasteiger partial charge in [0, 0.05) is 30.6 Å². The molecule has 1 saturated heterocycles. The highest BCUT2D eigenvalue weighted by Gasteiger charge is 2.20. The zero-order valence-electron chi connectivity index (χ0n) is 12.9. The van der Waals surface area contributed by atoms with Crippen molar-refractivity contribution in [3.05, 3.63) is 41.4 Å². The molecule has 4 nitrogen and oxygen atoms in total. The number of hydrogen-bond donors (Lipinski definition) is 0. The van der Waals surface area contributed by atoms with E-state index in [1.54, 1.807) is 24.6 Å². The van der Waals surface area contributed by atoms with Crippen molar-refractivity contribution in [2.75, 3.05) is 26.8 Å². The summed E-state index contributed by atoms with van der Waals surface area (Å²) in [6.45, 7) is 4.03. The molecule has 1 aliphatic rings. The van der Waals surface area contributed by atoms with Gasteiger partial charge in [-0.1, -0.05) is 23.5 Å². The minimum absolute atomic E-state index is 0.593. The predicted molar refractivity (Wildman–Crippen MR) is 88.6 cm³/mol. The molecule has 0 aliphatic carbocycles. The molecule has 0 radical (unpaired) electrons. The van der Waals surface area contributed by atoms with Crippen molar-refractivity contribution >= 4 is 11.3 Å². The Morgan fingerprint density at radius 1 is 1.32 bits per heavy atom. The Morgan fingerprint density at radius 2 is 2.18 bits per heavy atom. The van der Waals surface area contributed by atoms with E-state index in [0.29, 0.717) is 5.92 Å². The lowest BCUT2D eigenvalue weighted by Gasteiger charge is -2.32. The summed E-state index contributed by atoms with van der Waals surface area (Å²) in [5, 5.41) is 2.74. The van der Waals surface area contributed by atoms with Crippen molar-refractivity contribution in [2.24, 2.45) is 5.92 Å². The molecule has 1 aliphatic heterocycles. The number of aromatic nitrogens is 1. The van der Waals surface area contributed by atoms with Gasteiger partial charge in [0.05, 0.1) is 13.7 Å². The van der Waals surface area contributed by atoms with Gasteiger partial charge < -0.3 is 9.47 Å². The van der Waals surface area contributed by atoms with Gasteiger partial charge in [-0.3, -0.25) is 4.90 Å². The number of piperidine rings is 1. The third-order valence-corrected chi connectivity index (χ3v) is 4.70. The number of benzene rings is 1. The van der Waals surface area contributed by atoms with E-state index in [0.717, 1.165) is 30.6 Å². The van der Waals surface area contributed by atoms with Gasteiger partial charge in [0.25, 0.3) is 5.19 Å². The molecule has 2 heterocycles. The highest BCUT2D eigenvalue weighted by Crippen LogP contribution is 2.22. The van der Waals surface area contributed by atoms with E-state index < -0.39 is 0 Å². The first-order valence-electron chi connectivity index (χ1n) is 7.71. The second-order valence-corrected chi connectivity index (χ2v) is 6.56. The molecule has 1 unspecified atom stereocenters. The summed E-state index contributed by atoms with van der Waals surface area (Å²) in [4.78, 5) is 6.69. The average Bonchev–Trinajstić information content (AvgIpc) is 3.08. The van der Waals surface area contributed by atoms with Crippen LogP contribution in [-0.4, -0.2) is 36.7 Å². The fourth-order valence-corrected chi connectivity index (χ4v) is 3.39. The lowest BCUT2D eigenvalue weighted by molar-refractivity contribution is 0.125. The number of rotatable bonds is 6. The quantitative estimate of drug-likeness (QED) is 0.817. The number of nitrogens with zero attached hydrogens (tertiary/aromatic N) is 2. The SMILES string of the molecule is COc1ccc(CN2CCCC(COc3nccs3)C2)cc1. The van der Waals surface area contributed by atoms with Crippen LogP contribution in [-0.2, 0) is 6.54 Å².